The lowest BCUT2D eigenvalue weighted by atomic mass is 10.3. The van der Waals surface area contributed by atoms with Crippen LogP contribution in [0.5, 0.6) is 0 Å². The van der Waals surface area contributed by atoms with Gasteiger partial charge in [-0.2, -0.15) is 0 Å². The Morgan fingerprint density at radius 2 is 2.24 bits per heavy atom. The number of aryl methyl sites for hydroxylation is 1. The Balaban J connectivity index is 2.09. The Labute approximate surface area is 134 Å². The molecule has 0 unspecified atom stereocenters. The molecule has 0 bridgehead atoms. The molecule has 0 saturated carbocycles. The van der Waals surface area contributed by atoms with Gasteiger partial charge in [-0.1, -0.05) is 6.92 Å². The van der Waals surface area contributed by atoms with E-state index in [0.717, 1.165) is 17.7 Å². The summed E-state index contributed by atoms with van der Waals surface area (Å²) in [5.41, 5.74) is 1.35. The second-order valence-electron chi connectivity index (χ2n) is 4.58. The smallest absolute Gasteiger partial charge is 0.214 e. The fourth-order valence-electron chi connectivity index (χ4n) is 2.17. The van der Waals surface area contributed by atoms with Crippen molar-refractivity contribution < 1.29 is 8.81 Å². The summed E-state index contributed by atoms with van der Waals surface area (Å²) in [5.74, 6) is 1.94. The first kappa shape index (κ1) is 14.5. The lowest BCUT2D eigenvalue weighted by Crippen LogP contribution is -2.04. The maximum Gasteiger partial charge on any atom is 0.214 e. The van der Waals surface area contributed by atoms with Gasteiger partial charge in [-0.3, -0.25) is 0 Å². The summed E-state index contributed by atoms with van der Waals surface area (Å²) in [7, 11) is 0. The monoisotopic (exact) mass is 371 g/mol. The summed E-state index contributed by atoms with van der Waals surface area (Å²) in [5, 5.41) is 0. The largest absolute Gasteiger partial charge is 0.444 e. The number of nitrogens with zero attached hydrogens (tertiary/aromatic N) is 3. The second-order valence-corrected chi connectivity index (χ2v) is 5.70. The van der Waals surface area contributed by atoms with Crippen LogP contribution in [0.1, 0.15) is 24.4 Å². The van der Waals surface area contributed by atoms with Gasteiger partial charge in [-0.05, 0) is 22.0 Å². The molecule has 3 aromatic rings. The van der Waals surface area contributed by atoms with Crippen LogP contribution in [0.15, 0.2) is 27.2 Å². The first-order valence-corrected chi connectivity index (χ1v) is 7.78. The maximum absolute atomic E-state index is 13.6. The van der Waals surface area contributed by atoms with Crippen molar-refractivity contribution in [1.29, 1.82) is 0 Å². The molecule has 0 aliphatic heterocycles. The van der Waals surface area contributed by atoms with Crippen molar-refractivity contribution in [3.63, 3.8) is 0 Å². The third-order valence-corrected chi connectivity index (χ3v) is 4.08. The van der Waals surface area contributed by atoms with Crippen molar-refractivity contribution in [2.75, 3.05) is 0 Å². The number of aromatic nitrogens is 3. The topological polar surface area (TPSA) is 43.9 Å². The van der Waals surface area contributed by atoms with Gasteiger partial charge in [0.05, 0.1) is 27.6 Å². The third-order valence-electron chi connectivity index (χ3n) is 3.23. The number of halogens is 3. The minimum Gasteiger partial charge on any atom is -0.444 e. The third kappa shape index (κ3) is 2.70. The molecule has 21 heavy (non-hydrogen) atoms. The van der Waals surface area contributed by atoms with Gasteiger partial charge in [0.25, 0.3) is 0 Å². The number of benzene rings is 1. The zero-order valence-electron chi connectivity index (χ0n) is 11.2. The van der Waals surface area contributed by atoms with Gasteiger partial charge in [-0.15, -0.1) is 11.6 Å². The predicted octanol–water partition coefficient (Wildman–Crippen LogP) is 4.28. The van der Waals surface area contributed by atoms with Crippen molar-refractivity contribution in [2.24, 2.45) is 0 Å². The van der Waals surface area contributed by atoms with Gasteiger partial charge in [0.2, 0.25) is 5.89 Å². The zero-order valence-corrected chi connectivity index (χ0v) is 13.6. The molecule has 110 valence electrons. The van der Waals surface area contributed by atoms with E-state index in [1.165, 1.54) is 6.07 Å². The predicted molar refractivity (Wildman–Crippen MR) is 81.9 cm³/mol. The van der Waals surface area contributed by atoms with Gasteiger partial charge in [0.1, 0.15) is 23.9 Å². The number of hydrogen-bond donors (Lipinski definition) is 0. The van der Waals surface area contributed by atoms with Crippen molar-refractivity contribution in [1.82, 2.24) is 14.5 Å². The van der Waals surface area contributed by atoms with Crippen LogP contribution < -0.4 is 0 Å². The van der Waals surface area contributed by atoms with E-state index in [1.54, 1.807) is 12.3 Å². The van der Waals surface area contributed by atoms with E-state index in [2.05, 4.69) is 25.9 Å². The van der Waals surface area contributed by atoms with Gasteiger partial charge in [0, 0.05) is 12.5 Å². The highest BCUT2D eigenvalue weighted by Crippen LogP contribution is 2.25. The Hall–Kier alpha value is -1.40. The van der Waals surface area contributed by atoms with Gasteiger partial charge in [-0.25, -0.2) is 14.4 Å². The average Bonchev–Trinajstić information content (AvgIpc) is 3.05. The van der Waals surface area contributed by atoms with Crippen LogP contribution in [0.2, 0.25) is 0 Å². The molecule has 0 aliphatic carbocycles. The standard InChI is InChI=1S/C14H12BrClFN3O/c1-2-8-6-18-14(21-8)7-20-12-3-9(15)10(17)4-11(12)19-13(20)5-16/h3-4,6H,2,5,7H2,1H3. The van der Waals surface area contributed by atoms with Gasteiger partial charge < -0.3 is 8.98 Å². The fraction of sp³-hybridized carbons (Fsp3) is 0.286. The minimum atomic E-state index is -0.349. The van der Waals surface area contributed by atoms with Crippen LogP contribution in [0.25, 0.3) is 11.0 Å². The molecular formula is C14H12BrClFN3O. The van der Waals surface area contributed by atoms with Crippen molar-refractivity contribution in [3.8, 4) is 0 Å². The Bertz CT molecular complexity index is 799. The normalized spacial score (nSPS) is 11.4. The Morgan fingerprint density at radius 3 is 2.90 bits per heavy atom. The van der Waals surface area contributed by atoms with E-state index in [1.807, 2.05) is 11.5 Å². The number of oxazole rings is 1. The number of hydrogen-bond acceptors (Lipinski definition) is 3. The van der Waals surface area contributed by atoms with Crippen LogP contribution in [-0.2, 0) is 18.8 Å². The van der Waals surface area contributed by atoms with Crippen molar-refractivity contribution in [3.05, 3.63) is 46.1 Å². The van der Waals surface area contributed by atoms with Crippen LogP contribution >= 0.6 is 27.5 Å². The van der Waals surface area contributed by atoms with Gasteiger partial charge in [0.15, 0.2) is 0 Å². The highest BCUT2D eigenvalue weighted by atomic mass is 79.9. The average molecular weight is 373 g/mol. The molecule has 0 N–H and O–H groups in total. The quantitative estimate of drug-likeness (QED) is 0.642. The van der Waals surface area contributed by atoms with E-state index >= 15 is 0 Å². The number of imidazole rings is 1. The lowest BCUT2D eigenvalue weighted by molar-refractivity contribution is 0.446. The molecule has 1 aromatic carbocycles. The molecule has 0 aliphatic rings. The molecule has 0 atom stereocenters. The van der Waals surface area contributed by atoms with Crippen LogP contribution in [0.4, 0.5) is 4.39 Å². The summed E-state index contributed by atoms with van der Waals surface area (Å²) < 4.78 is 21.5. The van der Waals surface area contributed by atoms with E-state index < -0.39 is 0 Å². The van der Waals surface area contributed by atoms with Crippen molar-refractivity contribution >= 4 is 38.6 Å². The van der Waals surface area contributed by atoms with Crippen LogP contribution in [0.3, 0.4) is 0 Å². The van der Waals surface area contributed by atoms with Crippen molar-refractivity contribution in [2.45, 2.75) is 25.8 Å². The van der Waals surface area contributed by atoms with E-state index in [0.29, 0.717) is 28.2 Å². The molecule has 0 amide bonds. The zero-order chi connectivity index (χ0) is 15.0. The first-order chi connectivity index (χ1) is 10.1. The number of fused-ring (bicyclic) bond motifs is 1. The molecule has 2 heterocycles. The molecule has 3 rings (SSSR count). The number of rotatable bonds is 4. The summed E-state index contributed by atoms with van der Waals surface area (Å²) >= 11 is 9.14. The molecule has 2 aromatic heterocycles. The first-order valence-electron chi connectivity index (χ1n) is 6.46. The Kier molecular flexibility index (Phi) is 3.99. The molecule has 0 radical (unpaired) electrons. The molecule has 0 fully saturated rings. The molecule has 7 heteroatoms. The summed E-state index contributed by atoms with van der Waals surface area (Å²) in [6.07, 6.45) is 2.50. The minimum absolute atomic E-state index is 0.231. The van der Waals surface area contributed by atoms with E-state index in [-0.39, 0.29) is 11.7 Å². The summed E-state index contributed by atoms with van der Waals surface area (Å²) in [4.78, 5) is 8.60. The highest BCUT2D eigenvalue weighted by Gasteiger charge is 2.15. The molecular weight excluding hydrogens is 361 g/mol. The molecule has 4 nitrogen and oxygen atoms in total. The fourth-order valence-corrected chi connectivity index (χ4v) is 2.70. The van der Waals surface area contributed by atoms with Crippen LogP contribution in [-0.4, -0.2) is 14.5 Å². The number of alkyl halides is 1. The van der Waals surface area contributed by atoms with E-state index in [4.69, 9.17) is 16.0 Å². The molecule has 0 saturated heterocycles. The maximum atomic E-state index is 13.6. The lowest BCUT2D eigenvalue weighted by Gasteiger charge is -2.05. The molecule has 0 spiro atoms. The summed E-state index contributed by atoms with van der Waals surface area (Å²) in [6, 6.07) is 3.08. The SMILES string of the molecule is CCc1cnc(Cn2c(CCl)nc3cc(F)c(Br)cc32)o1. The summed E-state index contributed by atoms with van der Waals surface area (Å²) in [6.45, 7) is 2.41. The van der Waals surface area contributed by atoms with E-state index in [9.17, 15) is 4.39 Å². The Morgan fingerprint density at radius 1 is 1.43 bits per heavy atom. The van der Waals surface area contributed by atoms with Crippen LogP contribution in [0, 0.1) is 5.82 Å². The second kappa shape index (κ2) is 5.77. The highest BCUT2D eigenvalue weighted by molar-refractivity contribution is 9.10. The van der Waals surface area contributed by atoms with Gasteiger partial charge >= 0.3 is 0 Å².